The summed E-state index contributed by atoms with van der Waals surface area (Å²) in [6.07, 6.45) is 0.435. The maximum absolute atomic E-state index is 13.8. The van der Waals surface area contributed by atoms with Crippen molar-refractivity contribution in [3.05, 3.63) is 121 Å². The highest BCUT2D eigenvalue weighted by Crippen LogP contribution is 2.55. The van der Waals surface area contributed by atoms with Crippen LogP contribution < -0.4 is 20.7 Å². The largest absolute Gasteiger partial charge is 0.488 e. The molecule has 0 amide bonds. The molecule has 0 N–H and O–H groups in total. The van der Waals surface area contributed by atoms with Gasteiger partial charge in [-0.1, -0.05) is 54.6 Å². The Hall–Kier alpha value is -3.22. The van der Waals surface area contributed by atoms with Crippen LogP contribution in [0.2, 0.25) is 0 Å². The number of Topliss-reactive ketones (excluding diaryl/α,β-unsaturated/α-hetero) is 1. The molecule has 166 valence electrons. The van der Waals surface area contributed by atoms with Gasteiger partial charge in [-0.25, -0.2) is 0 Å². The van der Waals surface area contributed by atoms with Crippen LogP contribution >= 0.6 is 7.26 Å². The van der Waals surface area contributed by atoms with Gasteiger partial charge < -0.3 is 4.74 Å². The normalized spacial score (nSPS) is 11.7. The van der Waals surface area contributed by atoms with Crippen LogP contribution in [0.4, 0.5) is 0 Å². The van der Waals surface area contributed by atoms with Gasteiger partial charge in [-0.2, -0.15) is 0 Å². The molecule has 3 heteroatoms. The zero-order valence-corrected chi connectivity index (χ0v) is 20.3. The Labute approximate surface area is 197 Å². The second-order valence-corrected chi connectivity index (χ2v) is 12.6. The average Bonchev–Trinajstić information content (AvgIpc) is 2.83. The molecule has 0 aliphatic rings. The maximum atomic E-state index is 13.8. The molecule has 4 rings (SSSR count). The van der Waals surface area contributed by atoms with Crippen LogP contribution in [0.15, 0.2) is 115 Å². The molecule has 0 aromatic heterocycles. The van der Waals surface area contributed by atoms with Gasteiger partial charge in [0.05, 0.1) is 0 Å². The Morgan fingerprint density at radius 2 is 1.03 bits per heavy atom. The van der Waals surface area contributed by atoms with E-state index in [4.69, 9.17) is 4.74 Å². The second-order valence-electron chi connectivity index (χ2n) is 9.14. The fourth-order valence-corrected chi connectivity index (χ4v) is 8.24. The highest BCUT2D eigenvalue weighted by Gasteiger charge is 2.47. The molecule has 0 saturated carbocycles. The molecular formula is C30H30O2P+. The van der Waals surface area contributed by atoms with E-state index in [-0.39, 0.29) is 11.4 Å². The van der Waals surface area contributed by atoms with E-state index in [1.165, 1.54) is 15.9 Å². The second kappa shape index (κ2) is 9.73. The summed E-state index contributed by atoms with van der Waals surface area (Å²) in [6.45, 7) is 6.05. The van der Waals surface area contributed by atoms with Crippen LogP contribution in [0, 0.1) is 0 Å². The van der Waals surface area contributed by atoms with Crippen molar-refractivity contribution in [3.8, 4) is 5.75 Å². The third-order valence-electron chi connectivity index (χ3n) is 5.57. The van der Waals surface area contributed by atoms with Crippen LogP contribution in [0.1, 0.15) is 31.1 Å². The van der Waals surface area contributed by atoms with Gasteiger partial charge in [0.15, 0.2) is 0 Å². The molecule has 2 nitrogen and oxygen atoms in total. The summed E-state index contributed by atoms with van der Waals surface area (Å²) in [6, 6.07) is 39.1. The Morgan fingerprint density at radius 1 is 0.636 bits per heavy atom. The van der Waals surface area contributed by atoms with Crippen LogP contribution in [0.3, 0.4) is 0 Å². The van der Waals surface area contributed by atoms with Crippen molar-refractivity contribution in [2.24, 2.45) is 0 Å². The van der Waals surface area contributed by atoms with Crippen LogP contribution in [0.5, 0.6) is 5.75 Å². The van der Waals surface area contributed by atoms with Crippen molar-refractivity contribution in [2.75, 3.05) is 6.16 Å². The summed E-state index contributed by atoms with van der Waals surface area (Å²) < 4.78 is 5.94. The van der Waals surface area contributed by atoms with E-state index in [9.17, 15) is 4.79 Å². The number of rotatable bonds is 7. The van der Waals surface area contributed by atoms with Crippen molar-refractivity contribution < 1.29 is 9.53 Å². The Balaban J connectivity index is 1.80. The first-order valence-electron chi connectivity index (χ1n) is 11.3. The molecule has 0 unspecified atom stereocenters. The lowest BCUT2D eigenvalue weighted by Crippen LogP contribution is -2.35. The number of hydrogen-bond donors (Lipinski definition) is 0. The lowest BCUT2D eigenvalue weighted by Gasteiger charge is -2.27. The summed E-state index contributed by atoms with van der Waals surface area (Å²) in [5, 5.41) is 3.63. The summed E-state index contributed by atoms with van der Waals surface area (Å²) in [4.78, 5) is 13.8. The molecule has 33 heavy (non-hydrogen) atoms. The predicted molar refractivity (Wildman–Crippen MR) is 141 cm³/mol. The zero-order valence-electron chi connectivity index (χ0n) is 19.4. The number of benzene rings is 4. The van der Waals surface area contributed by atoms with Gasteiger partial charge in [0.25, 0.3) is 0 Å². The highest BCUT2D eigenvalue weighted by atomic mass is 31.2. The molecule has 0 atom stereocenters. The summed E-state index contributed by atoms with van der Waals surface area (Å²) in [7, 11) is -2.20. The standard InChI is InChI=1S/C30H30O2P/c1-30(2,3)32-25-21-19-24(20-22-25)29(31)23-33(26-13-7-4-8-14-26,27-15-9-5-10-16-27)28-17-11-6-12-18-28/h4-22H,23H2,1-3H3/q+1. The topological polar surface area (TPSA) is 26.3 Å². The molecule has 0 spiro atoms. The fourth-order valence-electron chi connectivity index (χ4n) is 4.14. The fraction of sp³-hybridized carbons (Fsp3) is 0.167. The smallest absolute Gasteiger partial charge is 0.201 e. The van der Waals surface area contributed by atoms with Crippen LogP contribution in [-0.4, -0.2) is 17.5 Å². The van der Waals surface area contributed by atoms with Crippen molar-refractivity contribution in [1.82, 2.24) is 0 Å². The molecule has 0 bridgehead atoms. The molecule has 0 aliphatic heterocycles. The molecule has 4 aromatic carbocycles. The van der Waals surface area contributed by atoms with Crippen molar-refractivity contribution >= 4 is 29.0 Å². The third kappa shape index (κ3) is 5.24. The van der Waals surface area contributed by atoms with E-state index >= 15 is 0 Å². The van der Waals surface area contributed by atoms with Gasteiger partial charge in [-0.15, -0.1) is 0 Å². The van der Waals surface area contributed by atoms with Crippen LogP contribution in [-0.2, 0) is 0 Å². The van der Waals surface area contributed by atoms with Gasteiger partial charge in [0.1, 0.15) is 40.7 Å². The SMILES string of the molecule is CC(C)(C)Oc1ccc(C(=O)C[P+](c2ccccc2)(c2ccccc2)c2ccccc2)cc1. The molecule has 0 saturated heterocycles. The number of carbonyl (C=O) groups excluding carboxylic acids is 1. The van der Waals surface area contributed by atoms with Gasteiger partial charge >= 0.3 is 0 Å². The van der Waals surface area contributed by atoms with Crippen molar-refractivity contribution in [1.29, 1.82) is 0 Å². The molecule has 0 radical (unpaired) electrons. The summed E-state index contributed by atoms with van der Waals surface area (Å²) in [5.74, 6) is 0.913. The van der Waals surface area contributed by atoms with E-state index in [0.29, 0.717) is 11.7 Å². The van der Waals surface area contributed by atoms with E-state index in [0.717, 1.165) is 5.75 Å². The lowest BCUT2D eigenvalue weighted by molar-refractivity contribution is 0.102. The van der Waals surface area contributed by atoms with Gasteiger partial charge in [-0.3, -0.25) is 4.79 Å². The van der Waals surface area contributed by atoms with E-state index in [1.54, 1.807) is 0 Å². The number of hydrogen-bond acceptors (Lipinski definition) is 2. The Kier molecular flexibility index (Phi) is 6.77. The molecular weight excluding hydrogens is 423 g/mol. The number of ether oxygens (including phenoxy) is 1. The third-order valence-corrected chi connectivity index (χ3v) is 9.87. The van der Waals surface area contributed by atoms with E-state index < -0.39 is 7.26 Å². The predicted octanol–water partition coefficient (Wildman–Crippen LogP) is 6.04. The summed E-state index contributed by atoms with van der Waals surface area (Å²) in [5.41, 5.74) is 0.434. The first-order valence-corrected chi connectivity index (χ1v) is 13.2. The van der Waals surface area contributed by atoms with E-state index in [1.807, 2.05) is 63.2 Å². The first-order chi connectivity index (χ1) is 15.9. The summed E-state index contributed by atoms with van der Waals surface area (Å²) >= 11 is 0. The minimum absolute atomic E-state index is 0.141. The minimum Gasteiger partial charge on any atom is -0.488 e. The van der Waals surface area contributed by atoms with E-state index in [2.05, 4.69) is 72.8 Å². The van der Waals surface area contributed by atoms with Crippen LogP contribution in [0.25, 0.3) is 0 Å². The first kappa shape index (κ1) is 23.0. The van der Waals surface area contributed by atoms with Gasteiger partial charge in [0, 0.05) is 5.56 Å². The minimum atomic E-state index is -2.20. The quantitative estimate of drug-likeness (QED) is 0.252. The average molecular weight is 454 g/mol. The Morgan fingerprint density at radius 3 is 1.39 bits per heavy atom. The molecule has 0 heterocycles. The monoisotopic (exact) mass is 453 g/mol. The highest BCUT2D eigenvalue weighted by molar-refractivity contribution is 7.96. The van der Waals surface area contributed by atoms with Crippen molar-refractivity contribution in [2.45, 2.75) is 26.4 Å². The lowest BCUT2D eigenvalue weighted by atomic mass is 10.1. The molecule has 0 fully saturated rings. The van der Waals surface area contributed by atoms with Gasteiger partial charge in [-0.05, 0) is 81.4 Å². The maximum Gasteiger partial charge on any atom is 0.201 e. The van der Waals surface area contributed by atoms with Crippen molar-refractivity contribution in [3.63, 3.8) is 0 Å². The van der Waals surface area contributed by atoms with Gasteiger partial charge in [0.2, 0.25) is 5.78 Å². The Bertz CT molecular complexity index is 1080. The molecule has 4 aromatic rings. The number of carbonyl (C=O) groups is 1. The molecule has 0 aliphatic carbocycles. The zero-order chi connectivity index (χ0) is 23.3. The number of ketones is 1.